The Morgan fingerprint density at radius 1 is 1.05 bits per heavy atom. The van der Waals surface area contributed by atoms with Gasteiger partial charge in [-0.2, -0.15) is 0 Å². The van der Waals surface area contributed by atoms with Crippen molar-refractivity contribution in [2.24, 2.45) is 11.8 Å². The zero-order valence-electron chi connectivity index (χ0n) is 12.2. The fourth-order valence-corrected chi connectivity index (χ4v) is 2.87. The number of hydrogen-bond acceptors (Lipinski definition) is 2. The van der Waals surface area contributed by atoms with Crippen molar-refractivity contribution in [1.82, 2.24) is 5.32 Å². The lowest BCUT2D eigenvalue weighted by atomic mass is 9.88. The minimum atomic E-state index is 0.795. The smallest absolute Gasteiger partial charge is 0.0366 e. The summed E-state index contributed by atoms with van der Waals surface area (Å²) in [6.45, 7) is 8.21. The van der Waals surface area contributed by atoms with Crippen molar-refractivity contribution in [1.29, 1.82) is 0 Å². The zero-order chi connectivity index (χ0) is 13.2. The van der Waals surface area contributed by atoms with Gasteiger partial charge in [0.15, 0.2) is 0 Å². The fourth-order valence-electron chi connectivity index (χ4n) is 2.87. The molecule has 2 unspecified atom stereocenters. The second-order valence-electron chi connectivity index (χ2n) is 6.51. The number of benzene rings is 1. The SMILES string of the molecule is CC1CCN(c2ccc(CNC3CC3)cc2)CC1C. The van der Waals surface area contributed by atoms with E-state index < -0.39 is 0 Å². The Bertz CT molecular complexity index is 408. The number of anilines is 1. The maximum absolute atomic E-state index is 3.57. The number of nitrogens with one attached hydrogen (secondary N) is 1. The highest BCUT2D eigenvalue weighted by Crippen LogP contribution is 2.27. The fraction of sp³-hybridized carbons (Fsp3) is 0.647. The molecular formula is C17H26N2. The molecule has 1 heterocycles. The van der Waals surface area contributed by atoms with Crippen LogP contribution in [0.15, 0.2) is 24.3 Å². The Labute approximate surface area is 117 Å². The van der Waals surface area contributed by atoms with Crippen LogP contribution in [0.2, 0.25) is 0 Å². The Balaban J connectivity index is 1.58. The van der Waals surface area contributed by atoms with Gasteiger partial charge in [0.1, 0.15) is 0 Å². The summed E-state index contributed by atoms with van der Waals surface area (Å²) >= 11 is 0. The Hall–Kier alpha value is -1.02. The maximum atomic E-state index is 3.57. The molecule has 2 atom stereocenters. The van der Waals surface area contributed by atoms with Gasteiger partial charge in [0.25, 0.3) is 0 Å². The van der Waals surface area contributed by atoms with Crippen LogP contribution in [-0.2, 0) is 6.54 Å². The summed E-state index contributed by atoms with van der Waals surface area (Å²) in [5.74, 6) is 1.68. The number of piperidine rings is 1. The maximum Gasteiger partial charge on any atom is 0.0366 e. The summed E-state index contributed by atoms with van der Waals surface area (Å²) in [6, 6.07) is 9.96. The van der Waals surface area contributed by atoms with E-state index in [0.29, 0.717) is 0 Å². The molecule has 1 aliphatic carbocycles. The molecule has 1 aliphatic heterocycles. The predicted molar refractivity (Wildman–Crippen MR) is 81.5 cm³/mol. The Morgan fingerprint density at radius 3 is 2.42 bits per heavy atom. The van der Waals surface area contributed by atoms with Crippen molar-refractivity contribution in [3.8, 4) is 0 Å². The number of nitrogens with zero attached hydrogens (tertiary/aromatic N) is 1. The second-order valence-corrected chi connectivity index (χ2v) is 6.51. The van der Waals surface area contributed by atoms with Crippen LogP contribution >= 0.6 is 0 Å². The molecule has 3 rings (SSSR count). The lowest BCUT2D eigenvalue weighted by molar-refractivity contribution is 0.324. The van der Waals surface area contributed by atoms with E-state index in [4.69, 9.17) is 0 Å². The van der Waals surface area contributed by atoms with E-state index in [1.54, 1.807) is 0 Å². The van der Waals surface area contributed by atoms with Crippen LogP contribution in [0.5, 0.6) is 0 Å². The monoisotopic (exact) mass is 258 g/mol. The Morgan fingerprint density at radius 2 is 1.79 bits per heavy atom. The van der Waals surface area contributed by atoms with Gasteiger partial charge < -0.3 is 10.2 Å². The summed E-state index contributed by atoms with van der Waals surface area (Å²) < 4.78 is 0. The normalized spacial score (nSPS) is 27.6. The molecule has 2 aliphatic rings. The minimum Gasteiger partial charge on any atom is -0.371 e. The van der Waals surface area contributed by atoms with Crippen molar-refractivity contribution in [2.45, 2.75) is 45.7 Å². The Kier molecular flexibility index (Phi) is 3.79. The molecule has 1 N–H and O–H groups in total. The molecule has 1 aromatic carbocycles. The molecular weight excluding hydrogens is 232 g/mol. The first-order valence-electron chi connectivity index (χ1n) is 7.79. The average Bonchev–Trinajstić information content (AvgIpc) is 3.24. The van der Waals surface area contributed by atoms with Crippen LogP contribution < -0.4 is 10.2 Å². The van der Waals surface area contributed by atoms with Gasteiger partial charge in [0.05, 0.1) is 0 Å². The van der Waals surface area contributed by atoms with Gasteiger partial charge in [-0.25, -0.2) is 0 Å². The molecule has 0 spiro atoms. The third-order valence-electron chi connectivity index (χ3n) is 4.81. The number of rotatable bonds is 4. The first-order valence-corrected chi connectivity index (χ1v) is 7.79. The third-order valence-corrected chi connectivity index (χ3v) is 4.81. The van der Waals surface area contributed by atoms with Crippen LogP contribution in [0.3, 0.4) is 0 Å². The highest BCUT2D eigenvalue weighted by atomic mass is 15.1. The highest BCUT2D eigenvalue weighted by Gasteiger charge is 2.23. The van der Waals surface area contributed by atoms with E-state index in [2.05, 4.69) is 48.3 Å². The number of hydrogen-bond donors (Lipinski definition) is 1. The van der Waals surface area contributed by atoms with Crippen LogP contribution in [0, 0.1) is 11.8 Å². The van der Waals surface area contributed by atoms with Crippen molar-refractivity contribution in [3.63, 3.8) is 0 Å². The van der Waals surface area contributed by atoms with Crippen molar-refractivity contribution >= 4 is 5.69 Å². The summed E-state index contributed by atoms with van der Waals surface area (Å²) in [4.78, 5) is 2.54. The third kappa shape index (κ3) is 3.30. The molecule has 2 nitrogen and oxygen atoms in total. The van der Waals surface area contributed by atoms with Crippen LogP contribution in [0.1, 0.15) is 38.7 Å². The van der Waals surface area contributed by atoms with Crippen molar-refractivity contribution in [3.05, 3.63) is 29.8 Å². The van der Waals surface area contributed by atoms with Gasteiger partial charge in [-0.15, -0.1) is 0 Å². The first kappa shape index (κ1) is 13.0. The van der Waals surface area contributed by atoms with Crippen molar-refractivity contribution < 1.29 is 0 Å². The van der Waals surface area contributed by atoms with Gasteiger partial charge in [-0.1, -0.05) is 26.0 Å². The largest absolute Gasteiger partial charge is 0.371 e. The lowest BCUT2D eigenvalue weighted by Crippen LogP contribution is -2.38. The van der Waals surface area contributed by atoms with Crippen molar-refractivity contribution in [2.75, 3.05) is 18.0 Å². The van der Waals surface area contributed by atoms with Gasteiger partial charge in [-0.05, 0) is 48.8 Å². The van der Waals surface area contributed by atoms with E-state index in [9.17, 15) is 0 Å². The molecule has 2 heteroatoms. The van der Waals surface area contributed by atoms with Crippen LogP contribution in [-0.4, -0.2) is 19.1 Å². The average molecular weight is 258 g/mol. The second kappa shape index (κ2) is 5.54. The van der Waals surface area contributed by atoms with Crippen LogP contribution in [0.25, 0.3) is 0 Å². The van der Waals surface area contributed by atoms with E-state index in [1.807, 2.05) is 0 Å². The first-order chi connectivity index (χ1) is 9.22. The highest BCUT2D eigenvalue weighted by molar-refractivity contribution is 5.48. The molecule has 19 heavy (non-hydrogen) atoms. The molecule has 0 aromatic heterocycles. The molecule has 1 aromatic rings. The van der Waals surface area contributed by atoms with E-state index >= 15 is 0 Å². The molecule has 104 valence electrons. The van der Waals surface area contributed by atoms with Gasteiger partial charge >= 0.3 is 0 Å². The van der Waals surface area contributed by atoms with E-state index in [1.165, 1.54) is 43.6 Å². The summed E-state index contributed by atoms with van der Waals surface area (Å²) in [5.41, 5.74) is 2.81. The van der Waals surface area contributed by atoms with Gasteiger partial charge in [0, 0.05) is 31.4 Å². The van der Waals surface area contributed by atoms with E-state index in [0.717, 1.165) is 24.4 Å². The quantitative estimate of drug-likeness (QED) is 0.890. The van der Waals surface area contributed by atoms with E-state index in [-0.39, 0.29) is 0 Å². The van der Waals surface area contributed by atoms with Gasteiger partial charge in [0.2, 0.25) is 0 Å². The summed E-state index contributed by atoms with van der Waals surface area (Å²) in [7, 11) is 0. The predicted octanol–water partition coefficient (Wildman–Crippen LogP) is 3.42. The van der Waals surface area contributed by atoms with Gasteiger partial charge in [-0.3, -0.25) is 0 Å². The molecule has 0 radical (unpaired) electrons. The summed E-state index contributed by atoms with van der Waals surface area (Å²) in [5, 5.41) is 3.57. The zero-order valence-corrected chi connectivity index (χ0v) is 12.2. The minimum absolute atomic E-state index is 0.795. The lowest BCUT2D eigenvalue weighted by Gasteiger charge is -2.36. The molecule has 0 bridgehead atoms. The topological polar surface area (TPSA) is 15.3 Å². The molecule has 2 fully saturated rings. The molecule has 0 amide bonds. The molecule has 1 saturated heterocycles. The van der Waals surface area contributed by atoms with Crippen LogP contribution in [0.4, 0.5) is 5.69 Å². The molecule has 1 saturated carbocycles. The summed E-state index contributed by atoms with van der Waals surface area (Å²) in [6.07, 6.45) is 4.05. The standard InChI is InChI=1S/C17H26N2/c1-13-9-10-19(12-14(13)2)17-7-3-15(4-8-17)11-18-16-5-6-16/h3-4,7-8,13-14,16,18H,5-6,9-12H2,1-2H3.